The molecular formula is C9H6BrF3O2. The van der Waals surface area contributed by atoms with Crippen LogP contribution in [-0.4, -0.2) is 19.3 Å². The van der Waals surface area contributed by atoms with Crippen molar-refractivity contribution in [2.45, 2.75) is 6.43 Å². The van der Waals surface area contributed by atoms with Crippen molar-refractivity contribution in [1.82, 2.24) is 0 Å². The van der Waals surface area contributed by atoms with E-state index in [1.54, 1.807) is 0 Å². The average molecular weight is 283 g/mol. The number of rotatable bonds is 3. The third-order valence-electron chi connectivity index (χ3n) is 1.68. The van der Waals surface area contributed by atoms with Crippen LogP contribution in [0.15, 0.2) is 16.6 Å². The molecule has 1 rings (SSSR count). The molecule has 0 fully saturated rings. The molecule has 2 nitrogen and oxygen atoms in total. The molecule has 0 aliphatic carbocycles. The van der Waals surface area contributed by atoms with Gasteiger partial charge in [-0.15, -0.1) is 0 Å². The van der Waals surface area contributed by atoms with E-state index < -0.39 is 29.3 Å². The Morgan fingerprint density at radius 1 is 1.47 bits per heavy atom. The largest absolute Gasteiger partial charge is 0.493 e. The standard InChI is InChI=1S/C9H6BrF3O2/c1-15-8-5(7(14)9(12)13)2-4(10)3-6(8)11/h2-3,9H,1H3. The molecule has 6 heteroatoms. The zero-order chi connectivity index (χ0) is 11.6. The van der Waals surface area contributed by atoms with E-state index in [0.29, 0.717) is 0 Å². The summed E-state index contributed by atoms with van der Waals surface area (Å²) >= 11 is 2.90. The van der Waals surface area contributed by atoms with Crippen LogP contribution in [0.2, 0.25) is 0 Å². The Morgan fingerprint density at radius 2 is 2.07 bits per heavy atom. The van der Waals surface area contributed by atoms with Crippen molar-refractivity contribution in [3.8, 4) is 5.75 Å². The van der Waals surface area contributed by atoms with Crippen LogP contribution in [-0.2, 0) is 0 Å². The average Bonchev–Trinajstić information content (AvgIpc) is 2.15. The van der Waals surface area contributed by atoms with Gasteiger partial charge in [-0.25, -0.2) is 13.2 Å². The van der Waals surface area contributed by atoms with E-state index in [-0.39, 0.29) is 4.47 Å². The summed E-state index contributed by atoms with van der Waals surface area (Å²) in [7, 11) is 1.11. The Labute approximate surface area is 92.2 Å². The fourth-order valence-electron chi connectivity index (χ4n) is 1.07. The molecule has 0 amide bonds. The highest BCUT2D eigenvalue weighted by Crippen LogP contribution is 2.28. The maximum absolute atomic E-state index is 13.2. The van der Waals surface area contributed by atoms with Gasteiger partial charge >= 0.3 is 6.43 Å². The number of methoxy groups -OCH3 is 1. The minimum Gasteiger partial charge on any atom is -0.493 e. The number of ether oxygens (including phenoxy) is 1. The molecule has 0 N–H and O–H groups in total. The lowest BCUT2D eigenvalue weighted by Crippen LogP contribution is -2.12. The molecule has 0 spiro atoms. The Balaban J connectivity index is 3.32. The van der Waals surface area contributed by atoms with Crippen LogP contribution in [0.25, 0.3) is 0 Å². The molecule has 15 heavy (non-hydrogen) atoms. The molecule has 0 heterocycles. The number of hydrogen-bond donors (Lipinski definition) is 0. The molecule has 0 bridgehead atoms. The monoisotopic (exact) mass is 282 g/mol. The third kappa shape index (κ3) is 2.50. The van der Waals surface area contributed by atoms with E-state index in [1.807, 2.05) is 0 Å². The molecule has 0 atom stereocenters. The Morgan fingerprint density at radius 3 is 2.53 bits per heavy atom. The summed E-state index contributed by atoms with van der Waals surface area (Å²) < 4.78 is 42.2. The number of halogens is 4. The predicted octanol–water partition coefficient (Wildman–Crippen LogP) is 3.04. The quantitative estimate of drug-likeness (QED) is 0.797. The van der Waals surface area contributed by atoms with Gasteiger partial charge in [-0.1, -0.05) is 15.9 Å². The molecule has 0 saturated heterocycles. The lowest BCUT2D eigenvalue weighted by Gasteiger charge is -2.08. The molecule has 82 valence electrons. The van der Waals surface area contributed by atoms with Crippen molar-refractivity contribution in [2.75, 3.05) is 7.11 Å². The second-order valence-electron chi connectivity index (χ2n) is 2.63. The van der Waals surface area contributed by atoms with Gasteiger partial charge in [-0.05, 0) is 12.1 Å². The summed E-state index contributed by atoms with van der Waals surface area (Å²) in [5.74, 6) is -2.80. The molecule has 0 aliphatic rings. The summed E-state index contributed by atoms with van der Waals surface area (Å²) in [6.07, 6.45) is -3.19. The van der Waals surface area contributed by atoms with Crippen molar-refractivity contribution in [3.05, 3.63) is 28.0 Å². The fraction of sp³-hybridized carbons (Fsp3) is 0.222. The lowest BCUT2D eigenvalue weighted by molar-refractivity contribution is 0.0674. The van der Waals surface area contributed by atoms with Crippen molar-refractivity contribution in [3.63, 3.8) is 0 Å². The first-order valence-electron chi connectivity index (χ1n) is 3.82. The maximum Gasteiger partial charge on any atom is 0.300 e. The van der Waals surface area contributed by atoms with Crippen LogP contribution in [0.1, 0.15) is 10.4 Å². The summed E-state index contributed by atoms with van der Waals surface area (Å²) in [4.78, 5) is 11.0. The summed E-state index contributed by atoms with van der Waals surface area (Å²) in [5, 5.41) is 0. The zero-order valence-corrected chi connectivity index (χ0v) is 9.15. The van der Waals surface area contributed by atoms with E-state index in [9.17, 15) is 18.0 Å². The van der Waals surface area contributed by atoms with Gasteiger partial charge in [-0.2, -0.15) is 0 Å². The lowest BCUT2D eigenvalue weighted by atomic mass is 10.1. The van der Waals surface area contributed by atoms with Gasteiger partial charge in [0.2, 0.25) is 5.78 Å². The minimum absolute atomic E-state index is 0.199. The smallest absolute Gasteiger partial charge is 0.300 e. The Hall–Kier alpha value is -1.04. The maximum atomic E-state index is 13.2. The minimum atomic E-state index is -3.19. The molecule has 0 aliphatic heterocycles. The first-order chi connectivity index (χ1) is 6.97. The number of benzene rings is 1. The molecule has 1 aromatic rings. The summed E-state index contributed by atoms with van der Waals surface area (Å²) in [6.45, 7) is 0. The van der Waals surface area contributed by atoms with E-state index in [1.165, 1.54) is 0 Å². The Kier molecular flexibility index (Phi) is 3.73. The van der Waals surface area contributed by atoms with E-state index in [2.05, 4.69) is 20.7 Å². The van der Waals surface area contributed by atoms with Crippen LogP contribution in [0.4, 0.5) is 13.2 Å². The molecule has 0 saturated carbocycles. The number of alkyl halides is 2. The normalized spacial score (nSPS) is 10.5. The highest BCUT2D eigenvalue weighted by atomic mass is 79.9. The predicted molar refractivity (Wildman–Crippen MR) is 51.0 cm³/mol. The molecule has 0 radical (unpaired) electrons. The van der Waals surface area contributed by atoms with Crippen LogP contribution < -0.4 is 4.74 Å². The molecule has 1 aromatic carbocycles. The number of ketones is 1. The SMILES string of the molecule is COc1c(F)cc(Br)cc1C(=O)C(F)F. The van der Waals surface area contributed by atoms with Crippen LogP contribution >= 0.6 is 15.9 Å². The van der Waals surface area contributed by atoms with Crippen molar-refractivity contribution in [2.24, 2.45) is 0 Å². The summed E-state index contributed by atoms with van der Waals surface area (Å²) in [6, 6.07) is 2.12. The van der Waals surface area contributed by atoms with Crippen LogP contribution in [0.3, 0.4) is 0 Å². The number of Topliss-reactive ketones (excluding diaryl/α,β-unsaturated/α-hetero) is 1. The highest BCUT2D eigenvalue weighted by Gasteiger charge is 2.24. The Bertz CT molecular complexity index is 393. The second-order valence-corrected chi connectivity index (χ2v) is 3.55. The first kappa shape index (κ1) is 12.0. The van der Waals surface area contributed by atoms with Gasteiger partial charge in [-0.3, -0.25) is 4.79 Å². The number of carbonyl (C=O) groups excluding carboxylic acids is 1. The number of hydrogen-bond acceptors (Lipinski definition) is 2. The molecule has 0 unspecified atom stereocenters. The second kappa shape index (κ2) is 4.65. The highest BCUT2D eigenvalue weighted by molar-refractivity contribution is 9.10. The van der Waals surface area contributed by atoms with E-state index >= 15 is 0 Å². The molecule has 0 aromatic heterocycles. The van der Waals surface area contributed by atoms with E-state index in [0.717, 1.165) is 19.2 Å². The van der Waals surface area contributed by atoms with Crippen molar-refractivity contribution in [1.29, 1.82) is 0 Å². The first-order valence-corrected chi connectivity index (χ1v) is 4.62. The third-order valence-corrected chi connectivity index (χ3v) is 2.13. The summed E-state index contributed by atoms with van der Waals surface area (Å²) in [5.41, 5.74) is -0.473. The van der Waals surface area contributed by atoms with Crippen molar-refractivity contribution >= 4 is 21.7 Å². The van der Waals surface area contributed by atoms with E-state index in [4.69, 9.17) is 0 Å². The van der Waals surface area contributed by atoms with Gasteiger partial charge in [0.05, 0.1) is 12.7 Å². The molecular weight excluding hydrogens is 277 g/mol. The van der Waals surface area contributed by atoms with Gasteiger partial charge < -0.3 is 4.74 Å². The van der Waals surface area contributed by atoms with Crippen LogP contribution in [0.5, 0.6) is 5.75 Å². The fourth-order valence-corrected chi connectivity index (χ4v) is 1.50. The van der Waals surface area contributed by atoms with Crippen LogP contribution in [0, 0.1) is 5.82 Å². The van der Waals surface area contributed by atoms with Gasteiger partial charge in [0, 0.05) is 4.47 Å². The van der Waals surface area contributed by atoms with Gasteiger partial charge in [0.25, 0.3) is 0 Å². The number of carbonyl (C=O) groups is 1. The van der Waals surface area contributed by atoms with Gasteiger partial charge in [0.1, 0.15) is 0 Å². The topological polar surface area (TPSA) is 26.3 Å². The van der Waals surface area contributed by atoms with Gasteiger partial charge in [0.15, 0.2) is 11.6 Å². The zero-order valence-electron chi connectivity index (χ0n) is 7.56. The van der Waals surface area contributed by atoms with Crippen molar-refractivity contribution < 1.29 is 22.7 Å².